The molecule has 0 bridgehead atoms. The first-order chi connectivity index (χ1) is 19.2. The Morgan fingerprint density at radius 2 is 1.75 bits per heavy atom. The molecule has 3 aromatic heterocycles. The number of anilines is 2. The molecule has 0 unspecified atom stereocenters. The summed E-state index contributed by atoms with van der Waals surface area (Å²) in [6, 6.07) is 20.5. The SMILES string of the molecule is Cc1ccc(-n2nc(C(C)(C)C)cc2NC(=O)Nc2ccc(OCCc3cc[n+](O)cc3)c3ccccc23)cn1. The number of hydrogen-bond donors (Lipinski definition) is 3. The van der Waals surface area contributed by atoms with Crippen LogP contribution < -0.4 is 20.1 Å². The first-order valence-electron chi connectivity index (χ1n) is 13.1. The van der Waals surface area contributed by atoms with E-state index in [0.29, 0.717) is 24.5 Å². The van der Waals surface area contributed by atoms with Crippen molar-refractivity contribution in [1.82, 2.24) is 14.8 Å². The van der Waals surface area contributed by atoms with E-state index in [1.165, 1.54) is 0 Å². The molecule has 3 N–H and O–H groups in total. The summed E-state index contributed by atoms with van der Waals surface area (Å²) in [6.45, 7) is 8.64. The van der Waals surface area contributed by atoms with Crippen LogP contribution >= 0.6 is 0 Å². The van der Waals surface area contributed by atoms with Gasteiger partial charge in [0.2, 0.25) is 12.4 Å². The van der Waals surface area contributed by atoms with Crippen LogP contribution in [0.2, 0.25) is 0 Å². The number of amides is 2. The zero-order chi connectivity index (χ0) is 28.3. The topological polar surface area (TPSA) is 105 Å². The first-order valence-corrected chi connectivity index (χ1v) is 13.1. The van der Waals surface area contributed by atoms with Crippen molar-refractivity contribution in [3.8, 4) is 11.4 Å². The molecule has 5 aromatic rings. The van der Waals surface area contributed by atoms with E-state index in [1.54, 1.807) is 23.3 Å². The molecule has 0 radical (unpaired) electrons. The fourth-order valence-electron chi connectivity index (χ4n) is 4.29. The van der Waals surface area contributed by atoms with Crippen LogP contribution in [0.5, 0.6) is 5.75 Å². The number of nitrogens with zero attached hydrogens (tertiary/aromatic N) is 4. The van der Waals surface area contributed by atoms with Gasteiger partial charge in [0.25, 0.3) is 0 Å². The number of ether oxygens (including phenoxy) is 1. The molecule has 5 rings (SSSR count). The van der Waals surface area contributed by atoms with Gasteiger partial charge < -0.3 is 10.1 Å². The number of carbonyl (C=O) groups excluding carboxylic acids is 1. The van der Waals surface area contributed by atoms with Gasteiger partial charge in [-0.1, -0.05) is 45.0 Å². The molecule has 0 saturated heterocycles. The van der Waals surface area contributed by atoms with Gasteiger partial charge in [0.05, 0.1) is 29.9 Å². The standard InChI is InChI=1S/C31H32N6O3/c1-21-9-10-23(20-32-21)37-29(19-28(35-37)31(2,3)4)34-30(38)33-26-11-12-27(25-8-6-5-7-24(25)26)40-18-15-22-13-16-36(39)17-14-22/h5-14,16-17,19-20H,15,18H2,1-4H3,(H2-,33,34,35,38,39)/p+1. The molecule has 2 aromatic carbocycles. The van der Waals surface area contributed by atoms with Gasteiger partial charge in [-0.25, -0.2) is 9.48 Å². The summed E-state index contributed by atoms with van der Waals surface area (Å²) in [4.78, 5) is 17.6. The number of hydrogen-bond acceptors (Lipinski definition) is 5. The highest BCUT2D eigenvalue weighted by Crippen LogP contribution is 2.32. The predicted octanol–water partition coefficient (Wildman–Crippen LogP) is 5.82. The lowest BCUT2D eigenvalue weighted by molar-refractivity contribution is -0.904. The van der Waals surface area contributed by atoms with Crippen molar-refractivity contribution in [1.29, 1.82) is 0 Å². The van der Waals surface area contributed by atoms with Gasteiger partial charge >= 0.3 is 6.03 Å². The second-order valence-corrected chi connectivity index (χ2v) is 10.7. The summed E-state index contributed by atoms with van der Waals surface area (Å²) in [5.41, 5.74) is 4.02. The van der Waals surface area contributed by atoms with Crippen molar-refractivity contribution in [3.63, 3.8) is 0 Å². The van der Waals surface area contributed by atoms with Gasteiger partial charge in [0.1, 0.15) is 11.6 Å². The molecular weight excluding hydrogens is 504 g/mol. The lowest BCUT2D eigenvalue weighted by Gasteiger charge is -2.14. The zero-order valence-electron chi connectivity index (χ0n) is 23.0. The first kappa shape index (κ1) is 26.7. The average Bonchev–Trinajstić information content (AvgIpc) is 3.35. The number of aryl methyl sites for hydroxylation is 1. The van der Waals surface area contributed by atoms with Crippen molar-refractivity contribution in [2.45, 2.75) is 39.5 Å². The minimum atomic E-state index is -0.384. The number of nitrogens with one attached hydrogen (secondary N) is 2. The van der Waals surface area contributed by atoms with E-state index in [4.69, 9.17) is 9.84 Å². The van der Waals surface area contributed by atoms with Gasteiger partial charge in [-0.05, 0) is 36.8 Å². The summed E-state index contributed by atoms with van der Waals surface area (Å²) in [5.74, 6) is 1.28. The fraction of sp³-hybridized carbons (Fsp3) is 0.226. The number of urea groups is 1. The molecule has 0 atom stereocenters. The van der Waals surface area contributed by atoms with Crippen LogP contribution in [0.15, 0.2) is 85.3 Å². The Bertz CT molecular complexity index is 1640. The van der Waals surface area contributed by atoms with E-state index < -0.39 is 0 Å². The minimum absolute atomic E-state index is 0.205. The number of benzene rings is 2. The van der Waals surface area contributed by atoms with Crippen molar-refractivity contribution < 1.29 is 19.5 Å². The number of rotatable bonds is 7. The van der Waals surface area contributed by atoms with Crippen LogP contribution in [0.1, 0.15) is 37.7 Å². The maximum atomic E-state index is 13.2. The number of fused-ring (bicyclic) bond motifs is 1. The molecule has 0 aliphatic heterocycles. The smallest absolute Gasteiger partial charge is 0.324 e. The summed E-state index contributed by atoms with van der Waals surface area (Å²) in [5, 5.41) is 21.9. The maximum Gasteiger partial charge on any atom is 0.324 e. The maximum absolute atomic E-state index is 13.2. The molecule has 204 valence electrons. The van der Waals surface area contributed by atoms with Crippen LogP contribution in [0.25, 0.3) is 16.5 Å². The fourth-order valence-corrected chi connectivity index (χ4v) is 4.29. The average molecular weight is 538 g/mol. The second-order valence-electron chi connectivity index (χ2n) is 10.7. The van der Waals surface area contributed by atoms with Gasteiger partial charge in [-0.2, -0.15) is 5.10 Å². The third kappa shape index (κ3) is 6.04. The molecule has 40 heavy (non-hydrogen) atoms. The van der Waals surface area contributed by atoms with Crippen LogP contribution in [0.4, 0.5) is 16.3 Å². The highest BCUT2D eigenvalue weighted by atomic mass is 16.5. The molecule has 9 heteroatoms. The third-order valence-electron chi connectivity index (χ3n) is 6.52. The van der Waals surface area contributed by atoms with Crippen LogP contribution in [0, 0.1) is 6.92 Å². The molecule has 3 heterocycles. The van der Waals surface area contributed by atoms with Crippen molar-refractivity contribution >= 4 is 28.3 Å². The van der Waals surface area contributed by atoms with Gasteiger partial charge in [-0.15, -0.1) is 0 Å². The molecule has 0 aliphatic carbocycles. The molecule has 0 aliphatic rings. The van der Waals surface area contributed by atoms with Gasteiger partial charge in [0, 0.05) is 51.2 Å². The summed E-state index contributed by atoms with van der Waals surface area (Å²) in [6.07, 6.45) is 5.61. The second kappa shape index (κ2) is 11.1. The van der Waals surface area contributed by atoms with E-state index in [1.807, 2.05) is 73.7 Å². The van der Waals surface area contributed by atoms with Crippen LogP contribution in [-0.2, 0) is 11.8 Å². The van der Waals surface area contributed by atoms with Crippen molar-refractivity contribution in [3.05, 3.63) is 102 Å². The molecule has 0 spiro atoms. The molecule has 0 saturated carbocycles. The Balaban J connectivity index is 1.34. The normalized spacial score (nSPS) is 11.4. The quantitative estimate of drug-likeness (QED) is 0.179. The Labute approximate surface area is 233 Å². The number of pyridine rings is 2. The van der Waals surface area contributed by atoms with Crippen molar-refractivity contribution in [2.24, 2.45) is 0 Å². The number of aromatic nitrogens is 4. The van der Waals surface area contributed by atoms with E-state index in [9.17, 15) is 10.0 Å². The summed E-state index contributed by atoms with van der Waals surface area (Å²) < 4.78 is 8.82. The molecule has 9 nitrogen and oxygen atoms in total. The Hall–Kier alpha value is -4.92. The largest absolute Gasteiger partial charge is 0.493 e. The third-order valence-corrected chi connectivity index (χ3v) is 6.52. The zero-order valence-corrected chi connectivity index (χ0v) is 23.0. The Kier molecular flexibility index (Phi) is 7.37. The summed E-state index contributed by atoms with van der Waals surface area (Å²) in [7, 11) is 0. The van der Waals surface area contributed by atoms with E-state index in [0.717, 1.165) is 43.9 Å². The molecular formula is C31H33N6O3+. The van der Waals surface area contributed by atoms with E-state index in [2.05, 4.69) is 36.4 Å². The molecule has 2 amide bonds. The minimum Gasteiger partial charge on any atom is -0.493 e. The van der Waals surface area contributed by atoms with Gasteiger partial charge in [0.15, 0.2) is 0 Å². The van der Waals surface area contributed by atoms with Crippen LogP contribution in [0.3, 0.4) is 0 Å². The lowest BCUT2D eigenvalue weighted by atomic mass is 9.92. The lowest BCUT2D eigenvalue weighted by Crippen LogP contribution is -2.28. The highest BCUT2D eigenvalue weighted by molar-refractivity contribution is 6.07. The predicted molar refractivity (Wildman–Crippen MR) is 154 cm³/mol. The molecule has 0 fully saturated rings. The summed E-state index contributed by atoms with van der Waals surface area (Å²) >= 11 is 0. The monoisotopic (exact) mass is 537 g/mol. The highest BCUT2D eigenvalue weighted by Gasteiger charge is 2.22. The van der Waals surface area contributed by atoms with E-state index in [-0.39, 0.29) is 11.4 Å². The Morgan fingerprint density at radius 3 is 2.45 bits per heavy atom. The van der Waals surface area contributed by atoms with Gasteiger partial charge in [-0.3, -0.25) is 15.5 Å². The number of carbonyl (C=O) groups is 1. The van der Waals surface area contributed by atoms with E-state index >= 15 is 0 Å². The Morgan fingerprint density at radius 1 is 1.00 bits per heavy atom. The van der Waals surface area contributed by atoms with Crippen LogP contribution in [-0.4, -0.2) is 32.6 Å². The van der Waals surface area contributed by atoms with Crippen molar-refractivity contribution in [2.75, 3.05) is 17.2 Å².